The third-order valence-electron chi connectivity index (χ3n) is 7.15. The number of ether oxygens (including phenoxy) is 1. The molecule has 2 aromatic rings. The van der Waals surface area contributed by atoms with E-state index in [4.69, 9.17) is 4.74 Å². The first-order chi connectivity index (χ1) is 16.4. The fourth-order valence-corrected chi connectivity index (χ4v) is 4.95. The monoisotopic (exact) mass is 464 g/mol. The quantitative estimate of drug-likeness (QED) is 0.508. The molecule has 0 aromatic heterocycles. The predicted molar refractivity (Wildman–Crippen MR) is 128 cm³/mol. The number of carboxylic acids is 1. The molecule has 34 heavy (non-hydrogen) atoms. The molecule has 1 aliphatic carbocycles. The molecule has 0 spiro atoms. The van der Waals surface area contributed by atoms with Gasteiger partial charge < -0.3 is 20.1 Å². The van der Waals surface area contributed by atoms with Gasteiger partial charge in [0.15, 0.2) is 0 Å². The Morgan fingerprint density at radius 2 is 1.62 bits per heavy atom. The zero-order valence-electron chi connectivity index (χ0n) is 19.6. The average Bonchev–Trinajstić information content (AvgIpc) is 3.13. The molecule has 0 saturated carbocycles. The maximum atomic E-state index is 12.2. The van der Waals surface area contributed by atoms with E-state index in [9.17, 15) is 19.5 Å². The van der Waals surface area contributed by atoms with Crippen LogP contribution in [0.4, 0.5) is 4.79 Å². The highest BCUT2D eigenvalue weighted by atomic mass is 16.5. The molecule has 0 bridgehead atoms. The number of unbranched alkanes of at least 4 members (excludes halogenated alkanes) is 2. The molecular formula is C27H32N2O5. The minimum atomic E-state index is -0.821. The van der Waals surface area contributed by atoms with Crippen LogP contribution in [0.1, 0.15) is 56.1 Å². The van der Waals surface area contributed by atoms with E-state index >= 15 is 0 Å². The standard InChI is InChI=1S/C27H32N2O5/c1-2-27(25(31)32)17-29(18-27)24(30)14-4-3-9-15-28-26(33)34-16-23-21-12-7-5-10-19(21)20-11-6-8-13-22(20)23/h5-8,10-13,23H,2-4,9,14-18H2,1H3,(H,28,33)(H,31,32). The van der Waals surface area contributed by atoms with Gasteiger partial charge in [0.2, 0.25) is 5.91 Å². The van der Waals surface area contributed by atoms with Gasteiger partial charge in [-0.05, 0) is 41.5 Å². The highest BCUT2D eigenvalue weighted by Gasteiger charge is 2.49. The highest BCUT2D eigenvalue weighted by molar-refractivity contribution is 5.83. The maximum absolute atomic E-state index is 12.2. The van der Waals surface area contributed by atoms with Crippen LogP contribution in [0.5, 0.6) is 0 Å². The van der Waals surface area contributed by atoms with Crippen molar-refractivity contribution in [1.29, 1.82) is 0 Å². The number of carboxylic acid groups (broad SMARTS) is 1. The Hall–Kier alpha value is -3.35. The molecular weight excluding hydrogens is 432 g/mol. The Labute approximate surface area is 200 Å². The van der Waals surface area contributed by atoms with Crippen molar-refractivity contribution in [3.05, 3.63) is 59.7 Å². The molecule has 4 rings (SSSR count). The Bertz CT molecular complexity index is 1010. The fraction of sp³-hybridized carbons (Fsp3) is 0.444. The molecule has 1 saturated heterocycles. The van der Waals surface area contributed by atoms with Gasteiger partial charge in [-0.1, -0.05) is 61.9 Å². The molecule has 0 radical (unpaired) electrons. The summed E-state index contributed by atoms with van der Waals surface area (Å²) in [5.41, 5.74) is 4.00. The van der Waals surface area contributed by atoms with E-state index in [-0.39, 0.29) is 11.8 Å². The van der Waals surface area contributed by atoms with Gasteiger partial charge in [-0.15, -0.1) is 0 Å². The molecule has 1 aliphatic heterocycles. The zero-order valence-corrected chi connectivity index (χ0v) is 19.6. The fourth-order valence-electron chi connectivity index (χ4n) is 4.95. The lowest BCUT2D eigenvalue weighted by Crippen LogP contribution is -2.61. The molecule has 2 aliphatic rings. The first-order valence-corrected chi connectivity index (χ1v) is 12.1. The van der Waals surface area contributed by atoms with E-state index in [1.54, 1.807) is 4.90 Å². The molecule has 2 N–H and O–H groups in total. The van der Waals surface area contributed by atoms with Crippen molar-refractivity contribution in [3.63, 3.8) is 0 Å². The number of fused-ring (bicyclic) bond motifs is 3. The number of nitrogens with one attached hydrogen (secondary N) is 1. The minimum Gasteiger partial charge on any atom is -0.481 e. The number of rotatable bonds is 10. The smallest absolute Gasteiger partial charge is 0.407 e. The normalized spacial score (nSPS) is 15.7. The molecule has 2 aromatic carbocycles. The summed E-state index contributed by atoms with van der Waals surface area (Å²) in [6.45, 7) is 3.24. The number of likely N-dealkylation sites (tertiary alicyclic amines) is 1. The third-order valence-corrected chi connectivity index (χ3v) is 7.15. The van der Waals surface area contributed by atoms with Gasteiger partial charge in [-0.25, -0.2) is 4.79 Å². The molecule has 2 amide bonds. The van der Waals surface area contributed by atoms with Crippen LogP contribution in [0, 0.1) is 5.41 Å². The SMILES string of the molecule is CCC1(C(=O)O)CN(C(=O)CCCCCNC(=O)OCC2c3ccccc3-c3ccccc32)C1. The third kappa shape index (κ3) is 4.79. The molecule has 7 heteroatoms. The van der Waals surface area contributed by atoms with Gasteiger partial charge in [0.1, 0.15) is 12.0 Å². The number of hydrogen-bond acceptors (Lipinski definition) is 4. The van der Waals surface area contributed by atoms with E-state index in [2.05, 4.69) is 29.6 Å². The molecule has 0 atom stereocenters. The van der Waals surface area contributed by atoms with Crippen molar-refractivity contribution >= 4 is 18.0 Å². The van der Waals surface area contributed by atoms with E-state index < -0.39 is 17.5 Å². The van der Waals surface area contributed by atoms with Crippen LogP contribution in [0.15, 0.2) is 48.5 Å². The first kappa shape index (κ1) is 23.8. The molecule has 7 nitrogen and oxygen atoms in total. The number of carbonyl (C=O) groups excluding carboxylic acids is 2. The number of alkyl carbamates (subject to hydrolysis) is 1. The van der Waals surface area contributed by atoms with Crippen LogP contribution in [-0.4, -0.2) is 54.2 Å². The molecule has 1 fully saturated rings. The summed E-state index contributed by atoms with van der Waals surface area (Å²) in [4.78, 5) is 37.4. The number of aliphatic carboxylic acids is 1. The number of nitrogens with zero attached hydrogens (tertiary/aromatic N) is 1. The van der Waals surface area contributed by atoms with Crippen molar-refractivity contribution in [2.75, 3.05) is 26.2 Å². The highest BCUT2D eigenvalue weighted by Crippen LogP contribution is 2.44. The van der Waals surface area contributed by atoms with Gasteiger partial charge in [0, 0.05) is 32.0 Å². The summed E-state index contributed by atoms with van der Waals surface area (Å²) in [6, 6.07) is 16.5. The lowest BCUT2D eigenvalue weighted by molar-refractivity contribution is -0.166. The number of carbonyl (C=O) groups is 3. The van der Waals surface area contributed by atoms with E-state index in [1.165, 1.54) is 22.3 Å². The zero-order chi connectivity index (χ0) is 24.1. The Morgan fingerprint density at radius 3 is 2.21 bits per heavy atom. The van der Waals surface area contributed by atoms with Gasteiger partial charge in [0.25, 0.3) is 0 Å². The largest absolute Gasteiger partial charge is 0.481 e. The Kier molecular flexibility index (Phi) is 7.20. The van der Waals surface area contributed by atoms with Crippen LogP contribution in [-0.2, 0) is 14.3 Å². The number of amides is 2. The van der Waals surface area contributed by atoms with Gasteiger partial charge in [-0.2, -0.15) is 0 Å². The van der Waals surface area contributed by atoms with E-state index in [0.717, 1.165) is 12.8 Å². The Morgan fingerprint density at radius 1 is 1.00 bits per heavy atom. The summed E-state index contributed by atoms with van der Waals surface area (Å²) < 4.78 is 5.53. The second kappa shape index (κ2) is 10.3. The van der Waals surface area contributed by atoms with E-state index in [0.29, 0.717) is 45.5 Å². The van der Waals surface area contributed by atoms with Crippen LogP contribution in [0.25, 0.3) is 11.1 Å². The average molecular weight is 465 g/mol. The summed E-state index contributed by atoms with van der Waals surface area (Å²) >= 11 is 0. The predicted octanol–water partition coefficient (Wildman–Crippen LogP) is 4.41. The van der Waals surface area contributed by atoms with Crippen molar-refractivity contribution in [2.24, 2.45) is 5.41 Å². The van der Waals surface area contributed by atoms with Crippen LogP contribution in [0.2, 0.25) is 0 Å². The van der Waals surface area contributed by atoms with Crippen LogP contribution in [0.3, 0.4) is 0 Å². The molecule has 0 unspecified atom stereocenters. The lowest BCUT2D eigenvalue weighted by atomic mass is 9.77. The van der Waals surface area contributed by atoms with Crippen molar-refractivity contribution < 1.29 is 24.2 Å². The topological polar surface area (TPSA) is 95.9 Å². The van der Waals surface area contributed by atoms with Crippen molar-refractivity contribution in [2.45, 2.75) is 44.9 Å². The summed E-state index contributed by atoms with van der Waals surface area (Å²) in [5.74, 6) is -0.772. The number of benzene rings is 2. The lowest BCUT2D eigenvalue weighted by Gasteiger charge is -2.46. The second-order valence-corrected chi connectivity index (χ2v) is 9.25. The minimum absolute atomic E-state index is 0.00909. The van der Waals surface area contributed by atoms with Gasteiger partial charge in [-0.3, -0.25) is 9.59 Å². The van der Waals surface area contributed by atoms with Crippen molar-refractivity contribution in [1.82, 2.24) is 10.2 Å². The summed E-state index contributed by atoms with van der Waals surface area (Å²) in [6.07, 6.45) is 2.79. The molecule has 1 heterocycles. The first-order valence-electron chi connectivity index (χ1n) is 12.1. The van der Waals surface area contributed by atoms with Crippen LogP contribution < -0.4 is 5.32 Å². The Balaban J connectivity index is 1.12. The van der Waals surface area contributed by atoms with Crippen molar-refractivity contribution in [3.8, 4) is 11.1 Å². The summed E-state index contributed by atoms with van der Waals surface area (Å²) in [5, 5.41) is 12.1. The van der Waals surface area contributed by atoms with Gasteiger partial charge in [0.05, 0.1) is 0 Å². The summed E-state index contributed by atoms with van der Waals surface area (Å²) in [7, 11) is 0. The van der Waals surface area contributed by atoms with Gasteiger partial charge >= 0.3 is 12.1 Å². The van der Waals surface area contributed by atoms with E-state index in [1.807, 2.05) is 31.2 Å². The molecule has 180 valence electrons. The maximum Gasteiger partial charge on any atom is 0.407 e. The second-order valence-electron chi connectivity index (χ2n) is 9.25. The number of hydrogen-bond donors (Lipinski definition) is 2. The van der Waals surface area contributed by atoms with Crippen LogP contribution >= 0.6 is 0 Å².